The first-order valence-electron chi connectivity index (χ1n) is 5.77. The van der Waals surface area contributed by atoms with Crippen molar-refractivity contribution < 1.29 is 13.2 Å². The molecule has 0 bridgehead atoms. The zero-order valence-corrected chi connectivity index (χ0v) is 12.0. The number of halogens is 1. The number of hydrogen-bond donors (Lipinski definition) is 0. The Morgan fingerprint density at radius 2 is 1.81 bits per heavy atom. The Morgan fingerprint density at radius 3 is 2.31 bits per heavy atom. The molecule has 0 saturated carbocycles. The van der Waals surface area contributed by atoms with Gasteiger partial charge in [0.2, 0.25) is 9.05 Å². The number of unbranched alkanes of at least 4 members (excludes halogenated alkanes) is 3. The molecule has 0 radical (unpaired) electrons. The number of ether oxygens (including phenoxy) is 1. The van der Waals surface area contributed by atoms with Gasteiger partial charge >= 0.3 is 0 Å². The van der Waals surface area contributed by atoms with Crippen LogP contribution in [0.5, 0.6) is 0 Å². The molecule has 0 aliphatic heterocycles. The maximum Gasteiger partial charge on any atom is 0.233 e. The minimum atomic E-state index is -3.44. The maximum absolute atomic E-state index is 10.9. The molecule has 3 nitrogen and oxygen atoms in total. The lowest BCUT2D eigenvalue weighted by Crippen LogP contribution is -2.27. The van der Waals surface area contributed by atoms with Gasteiger partial charge in [0.05, 0.1) is 12.4 Å². The largest absolute Gasteiger partial charge is 0.381 e. The van der Waals surface area contributed by atoms with Gasteiger partial charge in [-0.25, -0.2) is 8.42 Å². The van der Waals surface area contributed by atoms with Gasteiger partial charge in [0.25, 0.3) is 0 Å². The van der Waals surface area contributed by atoms with Gasteiger partial charge in [-0.15, -0.1) is 0 Å². The Labute approximate surface area is 104 Å². The number of rotatable bonds is 9. The van der Waals surface area contributed by atoms with Crippen LogP contribution >= 0.6 is 10.7 Å². The molecular weight excluding hydrogens is 248 g/mol. The van der Waals surface area contributed by atoms with Crippen molar-refractivity contribution in [3.05, 3.63) is 0 Å². The second-order valence-electron chi connectivity index (χ2n) is 4.96. The van der Waals surface area contributed by atoms with Crippen LogP contribution in [-0.4, -0.2) is 27.4 Å². The first-order valence-corrected chi connectivity index (χ1v) is 8.25. The zero-order chi connectivity index (χ0) is 12.7. The average Bonchev–Trinajstić information content (AvgIpc) is 2.06. The highest BCUT2D eigenvalue weighted by Gasteiger charge is 2.25. The summed E-state index contributed by atoms with van der Waals surface area (Å²) >= 11 is 0. The molecule has 0 aromatic carbocycles. The van der Waals surface area contributed by atoms with Gasteiger partial charge in [0, 0.05) is 22.7 Å². The number of hydrogen-bond acceptors (Lipinski definition) is 3. The standard InChI is InChI=1S/C11H23ClO3S/c1-4-5-6-7-8-15-9-11(2,3)10-16(12,13)14/h4-10H2,1-3H3. The second-order valence-corrected chi connectivity index (χ2v) is 7.74. The van der Waals surface area contributed by atoms with Crippen LogP contribution in [0.4, 0.5) is 0 Å². The predicted octanol–water partition coefficient (Wildman–Crippen LogP) is 3.18. The van der Waals surface area contributed by atoms with E-state index in [0.29, 0.717) is 13.2 Å². The highest BCUT2D eigenvalue weighted by Crippen LogP contribution is 2.20. The smallest absolute Gasteiger partial charge is 0.233 e. The quantitative estimate of drug-likeness (QED) is 0.477. The van der Waals surface area contributed by atoms with E-state index in [4.69, 9.17) is 15.4 Å². The summed E-state index contributed by atoms with van der Waals surface area (Å²) in [4.78, 5) is 0. The van der Waals surface area contributed by atoms with E-state index in [-0.39, 0.29) is 5.75 Å². The molecule has 98 valence electrons. The Kier molecular flexibility index (Phi) is 7.61. The van der Waals surface area contributed by atoms with Crippen molar-refractivity contribution in [1.29, 1.82) is 0 Å². The molecule has 0 aromatic rings. The van der Waals surface area contributed by atoms with Crippen molar-refractivity contribution in [2.75, 3.05) is 19.0 Å². The van der Waals surface area contributed by atoms with Gasteiger partial charge < -0.3 is 4.74 Å². The molecular formula is C11H23ClO3S. The Hall–Kier alpha value is 0.200. The van der Waals surface area contributed by atoms with Crippen molar-refractivity contribution >= 4 is 19.7 Å². The Morgan fingerprint density at radius 1 is 1.19 bits per heavy atom. The molecule has 16 heavy (non-hydrogen) atoms. The predicted molar refractivity (Wildman–Crippen MR) is 68.4 cm³/mol. The molecule has 0 aromatic heterocycles. The molecule has 0 spiro atoms. The van der Waals surface area contributed by atoms with E-state index < -0.39 is 14.5 Å². The summed E-state index contributed by atoms with van der Waals surface area (Å²) in [6.45, 7) is 6.99. The molecule has 5 heteroatoms. The van der Waals surface area contributed by atoms with E-state index >= 15 is 0 Å². The topological polar surface area (TPSA) is 43.4 Å². The first kappa shape index (κ1) is 16.2. The van der Waals surface area contributed by atoms with Gasteiger partial charge in [-0.2, -0.15) is 0 Å². The lowest BCUT2D eigenvalue weighted by atomic mass is 9.98. The van der Waals surface area contributed by atoms with Gasteiger partial charge in [0.15, 0.2) is 0 Å². The van der Waals surface area contributed by atoms with Gasteiger partial charge in [-0.3, -0.25) is 0 Å². The molecule has 0 rings (SSSR count). The fraction of sp³-hybridized carbons (Fsp3) is 1.00. The summed E-state index contributed by atoms with van der Waals surface area (Å²) in [5, 5.41) is 0. The fourth-order valence-corrected chi connectivity index (χ4v) is 3.39. The molecule has 0 fully saturated rings. The van der Waals surface area contributed by atoms with Crippen LogP contribution in [0.3, 0.4) is 0 Å². The van der Waals surface area contributed by atoms with E-state index in [2.05, 4.69) is 6.92 Å². The van der Waals surface area contributed by atoms with Crippen molar-refractivity contribution in [1.82, 2.24) is 0 Å². The highest BCUT2D eigenvalue weighted by molar-refractivity contribution is 8.13. The van der Waals surface area contributed by atoms with Crippen LogP contribution in [0.1, 0.15) is 46.5 Å². The Balaban J connectivity index is 3.66. The van der Waals surface area contributed by atoms with Crippen molar-refractivity contribution in [2.45, 2.75) is 46.5 Å². The SMILES string of the molecule is CCCCCCOCC(C)(C)CS(=O)(=O)Cl. The molecule has 0 aliphatic rings. The third-order valence-corrected chi connectivity index (χ3v) is 3.65. The maximum atomic E-state index is 10.9. The molecule has 0 aliphatic carbocycles. The minimum absolute atomic E-state index is 0.0451. The van der Waals surface area contributed by atoms with Gasteiger partial charge in [-0.1, -0.05) is 40.0 Å². The van der Waals surface area contributed by atoms with E-state index in [9.17, 15) is 8.42 Å². The van der Waals surface area contributed by atoms with Crippen molar-refractivity contribution in [2.24, 2.45) is 5.41 Å². The minimum Gasteiger partial charge on any atom is -0.381 e. The van der Waals surface area contributed by atoms with Crippen LogP contribution in [0.25, 0.3) is 0 Å². The van der Waals surface area contributed by atoms with E-state index in [1.54, 1.807) is 0 Å². The summed E-state index contributed by atoms with van der Waals surface area (Å²) in [5.74, 6) is -0.0451. The second kappa shape index (κ2) is 7.51. The fourth-order valence-electron chi connectivity index (χ4n) is 1.49. The van der Waals surface area contributed by atoms with Crippen LogP contribution in [0.15, 0.2) is 0 Å². The van der Waals surface area contributed by atoms with Crippen molar-refractivity contribution in [3.8, 4) is 0 Å². The van der Waals surface area contributed by atoms with E-state index in [1.807, 2.05) is 13.8 Å². The van der Waals surface area contributed by atoms with Crippen molar-refractivity contribution in [3.63, 3.8) is 0 Å². The van der Waals surface area contributed by atoms with E-state index in [0.717, 1.165) is 6.42 Å². The highest BCUT2D eigenvalue weighted by atomic mass is 35.7. The summed E-state index contributed by atoms with van der Waals surface area (Å²) in [7, 11) is 1.77. The van der Waals surface area contributed by atoms with Gasteiger partial charge in [-0.05, 0) is 6.42 Å². The summed E-state index contributed by atoms with van der Waals surface area (Å²) in [5.41, 5.74) is -0.411. The van der Waals surface area contributed by atoms with Crippen LogP contribution in [0, 0.1) is 5.41 Å². The summed E-state index contributed by atoms with van der Waals surface area (Å²) in [6, 6.07) is 0. The van der Waals surface area contributed by atoms with E-state index in [1.165, 1.54) is 19.3 Å². The summed E-state index contributed by atoms with van der Waals surface area (Å²) in [6.07, 6.45) is 4.64. The molecule has 0 unspecified atom stereocenters. The van der Waals surface area contributed by atoms with Crippen LogP contribution in [-0.2, 0) is 13.8 Å². The van der Waals surface area contributed by atoms with Crippen LogP contribution in [0.2, 0.25) is 0 Å². The normalized spacial score (nSPS) is 13.0. The lowest BCUT2D eigenvalue weighted by molar-refractivity contribution is 0.0701. The summed E-state index contributed by atoms with van der Waals surface area (Å²) < 4.78 is 27.3. The monoisotopic (exact) mass is 270 g/mol. The third kappa shape index (κ3) is 10.7. The molecule has 0 N–H and O–H groups in total. The Bertz CT molecular complexity index is 273. The average molecular weight is 271 g/mol. The first-order chi connectivity index (χ1) is 7.27. The molecule has 0 heterocycles. The zero-order valence-electron chi connectivity index (χ0n) is 10.5. The molecule has 0 atom stereocenters. The molecule has 0 amide bonds. The lowest BCUT2D eigenvalue weighted by Gasteiger charge is -2.22. The van der Waals surface area contributed by atoms with Crippen LogP contribution < -0.4 is 0 Å². The van der Waals surface area contributed by atoms with Gasteiger partial charge in [0.1, 0.15) is 0 Å². The molecule has 0 saturated heterocycles. The third-order valence-electron chi connectivity index (χ3n) is 2.20.